The van der Waals surface area contributed by atoms with Crippen LogP contribution in [0.15, 0.2) is 6.07 Å². The first-order chi connectivity index (χ1) is 10.2. The molecular formula is C15H22N4OS. The van der Waals surface area contributed by atoms with Crippen molar-refractivity contribution in [1.82, 2.24) is 9.97 Å². The van der Waals surface area contributed by atoms with Crippen LogP contribution in [0.1, 0.15) is 30.6 Å². The number of thiophene rings is 1. The van der Waals surface area contributed by atoms with Crippen molar-refractivity contribution in [2.24, 2.45) is 0 Å². The van der Waals surface area contributed by atoms with E-state index in [1.807, 2.05) is 7.05 Å². The van der Waals surface area contributed by atoms with Crippen molar-refractivity contribution >= 4 is 33.3 Å². The third kappa shape index (κ3) is 2.82. The van der Waals surface area contributed by atoms with Gasteiger partial charge >= 0.3 is 0 Å². The summed E-state index contributed by atoms with van der Waals surface area (Å²) < 4.78 is 0. The van der Waals surface area contributed by atoms with E-state index in [1.165, 1.54) is 30.6 Å². The normalized spacial score (nSPS) is 15.8. The molecule has 2 aromatic rings. The first-order valence-corrected chi connectivity index (χ1v) is 8.38. The Labute approximate surface area is 129 Å². The van der Waals surface area contributed by atoms with E-state index in [0.717, 1.165) is 16.0 Å². The summed E-state index contributed by atoms with van der Waals surface area (Å²) in [6.07, 6.45) is 4.90. The molecule has 0 bridgehead atoms. The van der Waals surface area contributed by atoms with E-state index in [2.05, 4.69) is 28.2 Å². The second kappa shape index (κ2) is 6.15. The van der Waals surface area contributed by atoms with Gasteiger partial charge in [0.1, 0.15) is 10.6 Å². The summed E-state index contributed by atoms with van der Waals surface area (Å²) in [6.45, 7) is 2.88. The van der Waals surface area contributed by atoms with Crippen molar-refractivity contribution in [3.05, 3.63) is 10.9 Å². The zero-order chi connectivity index (χ0) is 14.8. The summed E-state index contributed by atoms with van der Waals surface area (Å²) in [5.74, 6) is 1.62. The van der Waals surface area contributed by atoms with Gasteiger partial charge in [0.25, 0.3) is 0 Å². The van der Waals surface area contributed by atoms with Gasteiger partial charge in [-0.05, 0) is 25.8 Å². The smallest absolute Gasteiger partial charge is 0.225 e. The molecule has 0 atom stereocenters. The number of anilines is 2. The molecular weight excluding hydrogens is 284 g/mol. The van der Waals surface area contributed by atoms with Gasteiger partial charge in [0.05, 0.1) is 12.0 Å². The summed E-state index contributed by atoms with van der Waals surface area (Å²) in [7, 11) is 1.84. The monoisotopic (exact) mass is 306 g/mol. The molecule has 2 heterocycles. The van der Waals surface area contributed by atoms with Crippen LogP contribution in [-0.2, 0) is 0 Å². The summed E-state index contributed by atoms with van der Waals surface area (Å²) in [4.78, 5) is 13.8. The first kappa shape index (κ1) is 14.5. The summed E-state index contributed by atoms with van der Waals surface area (Å²) in [6, 6.07) is 2.65. The van der Waals surface area contributed by atoms with Gasteiger partial charge in [0.15, 0.2) is 0 Å². The van der Waals surface area contributed by atoms with Crippen molar-refractivity contribution in [3.8, 4) is 0 Å². The molecule has 114 valence electrons. The zero-order valence-corrected chi connectivity index (χ0v) is 13.4. The number of hydrogen-bond acceptors (Lipinski definition) is 6. The van der Waals surface area contributed by atoms with Crippen LogP contribution in [0.25, 0.3) is 10.2 Å². The van der Waals surface area contributed by atoms with E-state index in [1.54, 1.807) is 11.3 Å². The fourth-order valence-electron chi connectivity index (χ4n) is 3.14. The number of hydrogen-bond donors (Lipinski definition) is 2. The van der Waals surface area contributed by atoms with Crippen LogP contribution in [0, 0.1) is 6.92 Å². The van der Waals surface area contributed by atoms with Gasteiger partial charge in [-0.2, -0.15) is 4.98 Å². The third-order valence-corrected chi connectivity index (χ3v) is 5.04. The number of aryl methyl sites for hydroxylation is 1. The Bertz CT molecular complexity index is 621. The number of nitrogens with zero attached hydrogens (tertiary/aromatic N) is 3. The van der Waals surface area contributed by atoms with Gasteiger partial charge in [0, 0.05) is 24.5 Å². The van der Waals surface area contributed by atoms with Gasteiger partial charge in [-0.25, -0.2) is 4.98 Å². The Morgan fingerprint density at radius 1 is 1.38 bits per heavy atom. The molecule has 2 N–H and O–H groups in total. The highest BCUT2D eigenvalue weighted by molar-refractivity contribution is 7.18. The minimum Gasteiger partial charge on any atom is -0.395 e. The van der Waals surface area contributed by atoms with Crippen LogP contribution in [0.5, 0.6) is 0 Å². The molecule has 3 rings (SSSR count). The van der Waals surface area contributed by atoms with Crippen LogP contribution >= 0.6 is 11.3 Å². The van der Waals surface area contributed by atoms with Crippen molar-refractivity contribution < 1.29 is 5.11 Å². The van der Waals surface area contributed by atoms with Gasteiger partial charge in [-0.1, -0.05) is 12.8 Å². The summed E-state index contributed by atoms with van der Waals surface area (Å²) >= 11 is 1.69. The standard InChI is InChI=1S/C15H22N4OS/c1-10-9-12-13(17-15(16-2)18-14(12)21-10)19(7-8-20)11-5-3-4-6-11/h9,11,20H,3-8H2,1-2H3,(H,16,17,18). The maximum absolute atomic E-state index is 9.46. The Morgan fingerprint density at radius 2 is 2.14 bits per heavy atom. The second-order valence-corrected chi connectivity index (χ2v) is 6.79. The molecule has 0 saturated heterocycles. The van der Waals surface area contributed by atoms with E-state index in [4.69, 9.17) is 4.98 Å². The molecule has 1 saturated carbocycles. The van der Waals surface area contributed by atoms with E-state index < -0.39 is 0 Å². The lowest BCUT2D eigenvalue weighted by atomic mass is 10.2. The summed E-state index contributed by atoms with van der Waals surface area (Å²) in [5, 5.41) is 13.6. The fraction of sp³-hybridized carbons (Fsp3) is 0.600. The molecule has 0 amide bonds. The molecule has 21 heavy (non-hydrogen) atoms. The van der Waals surface area contributed by atoms with Crippen LogP contribution in [0.2, 0.25) is 0 Å². The average molecular weight is 306 g/mol. The van der Waals surface area contributed by atoms with E-state index in [9.17, 15) is 5.11 Å². The number of nitrogens with one attached hydrogen (secondary N) is 1. The second-order valence-electron chi connectivity index (χ2n) is 5.55. The van der Waals surface area contributed by atoms with Crippen molar-refractivity contribution in [3.63, 3.8) is 0 Å². The maximum Gasteiger partial charge on any atom is 0.225 e. The molecule has 5 nitrogen and oxygen atoms in total. The lowest BCUT2D eigenvalue weighted by Crippen LogP contribution is -2.36. The Hall–Kier alpha value is -1.40. The van der Waals surface area contributed by atoms with Crippen LogP contribution in [0.3, 0.4) is 0 Å². The largest absolute Gasteiger partial charge is 0.395 e. The molecule has 0 spiro atoms. The van der Waals surface area contributed by atoms with E-state index in [-0.39, 0.29) is 6.61 Å². The van der Waals surface area contributed by atoms with Crippen molar-refractivity contribution in [1.29, 1.82) is 0 Å². The zero-order valence-electron chi connectivity index (χ0n) is 12.6. The molecule has 0 unspecified atom stereocenters. The highest BCUT2D eigenvalue weighted by atomic mass is 32.1. The quantitative estimate of drug-likeness (QED) is 0.889. The van der Waals surface area contributed by atoms with Crippen molar-refractivity contribution in [2.75, 3.05) is 30.4 Å². The lowest BCUT2D eigenvalue weighted by molar-refractivity contribution is 0.297. The highest BCUT2D eigenvalue weighted by Gasteiger charge is 2.26. The molecule has 0 aliphatic heterocycles. The topological polar surface area (TPSA) is 61.3 Å². The van der Waals surface area contributed by atoms with Crippen LogP contribution in [-0.4, -0.2) is 41.3 Å². The molecule has 2 aromatic heterocycles. The van der Waals surface area contributed by atoms with Crippen LogP contribution < -0.4 is 10.2 Å². The van der Waals surface area contributed by atoms with E-state index >= 15 is 0 Å². The first-order valence-electron chi connectivity index (χ1n) is 7.56. The number of aliphatic hydroxyl groups is 1. The lowest BCUT2D eigenvalue weighted by Gasteiger charge is -2.30. The average Bonchev–Trinajstić information content (AvgIpc) is 3.11. The van der Waals surface area contributed by atoms with Gasteiger partial charge < -0.3 is 15.3 Å². The SMILES string of the molecule is CNc1nc(N(CCO)C2CCCC2)c2cc(C)sc2n1. The van der Waals surface area contributed by atoms with E-state index in [0.29, 0.717) is 18.5 Å². The Balaban J connectivity index is 2.09. The predicted molar refractivity (Wildman–Crippen MR) is 88.4 cm³/mol. The molecule has 0 radical (unpaired) electrons. The Kier molecular flexibility index (Phi) is 4.26. The number of aromatic nitrogens is 2. The fourth-order valence-corrected chi connectivity index (χ4v) is 4.02. The summed E-state index contributed by atoms with van der Waals surface area (Å²) in [5.41, 5.74) is 0. The Morgan fingerprint density at radius 3 is 2.81 bits per heavy atom. The minimum atomic E-state index is 0.153. The molecule has 1 aliphatic rings. The molecule has 0 aromatic carbocycles. The number of fused-ring (bicyclic) bond motifs is 1. The van der Waals surface area contributed by atoms with Crippen LogP contribution in [0.4, 0.5) is 11.8 Å². The number of aliphatic hydroxyl groups excluding tert-OH is 1. The van der Waals surface area contributed by atoms with Gasteiger partial charge in [-0.15, -0.1) is 11.3 Å². The van der Waals surface area contributed by atoms with Gasteiger partial charge in [0.2, 0.25) is 5.95 Å². The van der Waals surface area contributed by atoms with Gasteiger partial charge in [-0.3, -0.25) is 0 Å². The molecule has 1 aliphatic carbocycles. The predicted octanol–water partition coefficient (Wildman–Crippen LogP) is 2.78. The molecule has 1 fully saturated rings. The third-order valence-electron chi connectivity index (χ3n) is 4.10. The number of rotatable bonds is 5. The maximum atomic E-state index is 9.46. The minimum absolute atomic E-state index is 0.153. The molecule has 6 heteroatoms. The highest BCUT2D eigenvalue weighted by Crippen LogP contribution is 2.35. The van der Waals surface area contributed by atoms with Crippen molar-refractivity contribution in [2.45, 2.75) is 38.6 Å².